The molecule has 1 saturated heterocycles. The van der Waals surface area contributed by atoms with E-state index < -0.39 is 10.8 Å². The minimum Gasteiger partial charge on any atom is -0.378 e. The lowest BCUT2D eigenvalue weighted by Gasteiger charge is -2.28. The first-order chi connectivity index (χ1) is 14.0. The first kappa shape index (κ1) is 19.3. The SMILES string of the molecule is CCc1ccc2nc(NC(=O)c3ccc(N4CCOCC4)c([N+](=O)[O-])c3)sc2c1. The number of nitro benzene ring substituents is 1. The molecular weight excluding hydrogens is 392 g/mol. The van der Waals surface area contributed by atoms with E-state index in [4.69, 9.17) is 4.74 Å². The molecule has 1 fully saturated rings. The van der Waals surface area contributed by atoms with Crippen LogP contribution in [0.25, 0.3) is 10.2 Å². The second kappa shape index (κ2) is 8.14. The summed E-state index contributed by atoms with van der Waals surface area (Å²) in [5.41, 5.74) is 2.66. The topological polar surface area (TPSA) is 97.6 Å². The summed E-state index contributed by atoms with van der Waals surface area (Å²) in [4.78, 5) is 30.1. The van der Waals surface area contributed by atoms with Gasteiger partial charge in [0, 0.05) is 24.7 Å². The minimum atomic E-state index is -0.453. The average Bonchev–Trinajstić information content (AvgIpc) is 3.15. The summed E-state index contributed by atoms with van der Waals surface area (Å²) in [5, 5.41) is 14.8. The summed E-state index contributed by atoms with van der Waals surface area (Å²) in [6.45, 7) is 4.29. The number of ether oxygens (including phenoxy) is 1. The van der Waals surface area contributed by atoms with Crippen molar-refractivity contribution < 1.29 is 14.5 Å². The largest absolute Gasteiger partial charge is 0.378 e. The third-order valence-electron chi connectivity index (χ3n) is 4.87. The number of benzene rings is 2. The highest BCUT2D eigenvalue weighted by Crippen LogP contribution is 2.31. The number of carbonyl (C=O) groups excluding carboxylic acids is 1. The molecule has 1 aromatic heterocycles. The number of hydrogen-bond donors (Lipinski definition) is 1. The van der Waals surface area contributed by atoms with Crippen LogP contribution in [0.3, 0.4) is 0 Å². The molecule has 1 aliphatic heterocycles. The van der Waals surface area contributed by atoms with E-state index in [9.17, 15) is 14.9 Å². The van der Waals surface area contributed by atoms with Crippen LogP contribution in [0.4, 0.5) is 16.5 Å². The number of hydrogen-bond acceptors (Lipinski definition) is 7. The van der Waals surface area contributed by atoms with Crippen LogP contribution in [0.15, 0.2) is 36.4 Å². The fourth-order valence-electron chi connectivity index (χ4n) is 3.29. The van der Waals surface area contributed by atoms with Gasteiger partial charge < -0.3 is 9.64 Å². The van der Waals surface area contributed by atoms with Crippen LogP contribution in [0.2, 0.25) is 0 Å². The fourth-order valence-corrected chi connectivity index (χ4v) is 4.22. The molecule has 8 nitrogen and oxygen atoms in total. The predicted octanol–water partition coefficient (Wildman–Crippen LogP) is 3.86. The van der Waals surface area contributed by atoms with Gasteiger partial charge in [0.05, 0.1) is 28.4 Å². The third-order valence-corrected chi connectivity index (χ3v) is 5.80. The first-order valence-corrected chi connectivity index (χ1v) is 10.2. The Kier molecular flexibility index (Phi) is 5.41. The highest BCUT2D eigenvalue weighted by Gasteiger charge is 2.23. The first-order valence-electron chi connectivity index (χ1n) is 9.37. The third kappa shape index (κ3) is 4.06. The normalized spacial score (nSPS) is 14.2. The second-order valence-corrected chi connectivity index (χ2v) is 7.72. The van der Waals surface area contributed by atoms with Crippen LogP contribution in [0.5, 0.6) is 0 Å². The molecular formula is C20H20N4O4S. The van der Waals surface area contributed by atoms with Gasteiger partial charge in [0.1, 0.15) is 5.69 Å². The minimum absolute atomic E-state index is 0.0866. The maximum Gasteiger partial charge on any atom is 0.293 e. The molecule has 2 aromatic carbocycles. The molecule has 0 unspecified atom stereocenters. The number of morpholine rings is 1. The Balaban J connectivity index is 1.58. The maximum absolute atomic E-state index is 12.7. The molecule has 29 heavy (non-hydrogen) atoms. The van der Waals surface area contributed by atoms with Crippen LogP contribution in [0, 0.1) is 10.1 Å². The van der Waals surface area contributed by atoms with Gasteiger partial charge in [-0.25, -0.2) is 4.98 Å². The van der Waals surface area contributed by atoms with Gasteiger partial charge in [0.2, 0.25) is 0 Å². The van der Waals surface area contributed by atoms with Gasteiger partial charge in [-0.05, 0) is 36.2 Å². The van der Waals surface area contributed by atoms with Crippen molar-refractivity contribution in [1.29, 1.82) is 0 Å². The quantitative estimate of drug-likeness (QED) is 0.505. The number of carbonyl (C=O) groups is 1. The van der Waals surface area contributed by atoms with E-state index in [1.165, 1.54) is 23.0 Å². The molecule has 4 rings (SSSR count). The monoisotopic (exact) mass is 412 g/mol. The molecule has 150 valence electrons. The van der Waals surface area contributed by atoms with Gasteiger partial charge in [-0.1, -0.05) is 24.3 Å². The highest BCUT2D eigenvalue weighted by atomic mass is 32.1. The molecule has 2 heterocycles. The van der Waals surface area contributed by atoms with Crippen LogP contribution in [0.1, 0.15) is 22.8 Å². The zero-order valence-electron chi connectivity index (χ0n) is 15.9. The zero-order chi connectivity index (χ0) is 20.4. The standard InChI is InChI=1S/C20H20N4O4S/c1-2-13-3-5-15-18(11-13)29-20(21-15)22-19(25)14-4-6-16(17(12-14)24(26)27)23-7-9-28-10-8-23/h3-6,11-12H,2,7-10H2,1H3,(H,21,22,25). The van der Waals surface area contributed by atoms with Crippen molar-refractivity contribution in [3.8, 4) is 0 Å². The molecule has 3 aromatic rings. The smallest absolute Gasteiger partial charge is 0.293 e. The summed E-state index contributed by atoms with van der Waals surface area (Å²) in [6, 6.07) is 10.6. The van der Waals surface area contributed by atoms with Crippen LogP contribution < -0.4 is 10.2 Å². The van der Waals surface area contributed by atoms with Crippen molar-refractivity contribution in [2.24, 2.45) is 0 Å². The number of fused-ring (bicyclic) bond motifs is 1. The number of aryl methyl sites for hydroxylation is 1. The Morgan fingerprint density at radius 1 is 1.28 bits per heavy atom. The molecule has 0 atom stereocenters. The van der Waals surface area contributed by atoms with Gasteiger partial charge in [-0.3, -0.25) is 20.2 Å². The maximum atomic E-state index is 12.7. The predicted molar refractivity (Wildman–Crippen MR) is 113 cm³/mol. The lowest BCUT2D eigenvalue weighted by atomic mass is 10.1. The van der Waals surface area contributed by atoms with E-state index in [2.05, 4.69) is 23.3 Å². The molecule has 0 radical (unpaired) electrons. The number of amides is 1. The number of nitrogens with one attached hydrogen (secondary N) is 1. The number of aromatic nitrogens is 1. The van der Waals surface area contributed by atoms with E-state index in [0.717, 1.165) is 16.6 Å². The van der Waals surface area contributed by atoms with E-state index in [0.29, 0.717) is 37.1 Å². The second-order valence-electron chi connectivity index (χ2n) is 6.69. The summed E-state index contributed by atoms with van der Waals surface area (Å²) in [5.74, 6) is -0.420. The number of nitrogens with zero attached hydrogens (tertiary/aromatic N) is 3. The molecule has 0 spiro atoms. The van der Waals surface area contributed by atoms with Crippen LogP contribution in [-0.2, 0) is 11.2 Å². The van der Waals surface area contributed by atoms with Crippen molar-refractivity contribution >= 4 is 44.0 Å². The lowest BCUT2D eigenvalue weighted by molar-refractivity contribution is -0.384. The zero-order valence-corrected chi connectivity index (χ0v) is 16.7. The van der Waals surface area contributed by atoms with Gasteiger partial charge in [-0.15, -0.1) is 0 Å². The Bertz CT molecular complexity index is 1080. The van der Waals surface area contributed by atoms with Crippen molar-refractivity contribution in [2.75, 3.05) is 36.5 Å². The summed E-state index contributed by atoms with van der Waals surface area (Å²) < 4.78 is 6.30. The van der Waals surface area contributed by atoms with Gasteiger partial charge in [-0.2, -0.15) is 0 Å². The van der Waals surface area contributed by atoms with Gasteiger partial charge >= 0.3 is 0 Å². The van der Waals surface area contributed by atoms with Crippen LogP contribution in [-0.4, -0.2) is 42.1 Å². The molecule has 1 aliphatic rings. The Morgan fingerprint density at radius 3 is 2.79 bits per heavy atom. The molecule has 1 amide bonds. The molecule has 9 heteroatoms. The van der Waals surface area contributed by atoms with Gasteiger partial charge in [0.15, 0.2) is 5.13 Å². The molecule has 0 aliphatic carbocycles. The van der Waals surface area contributed by atoms with Crippen molar-refractivity contribution in [2.45, 2.75) is 13.3 Å². The molecule has 1 N–H and O–H groups in total. The number of thiazole rings is 1. The van der Waals surface area contributed by atoms with Crippen molar-refractivity contribution in [1.82, 2.24) is 4.98 Å². The highest BCUT2D eigenvalue weighted by molar-refractivity contribution is 7.22. The van der Waals surface area contributed by atoms with E-state index in [-0.39, 0.29) is 11.3 Å². The van der Waals surface area contributed by atoms with Crippen molar-refractivity contribution in [3.05, 3.63) is 57.6 Å². The van der Waals surface area contributed by atoms with Crippen molar-refractivity contribution in [3.63, 3.8) is 0 Å². The Morgan fingerprint density at radius 2 is 2.07 bits per heavy atom. The van der Waals surface area contributed by atoms with E-state index >= 15 is 0 Å². The molecule has 0 bridgehead atoms. The number of nitro groups is 1. The lowest BCUT2D eigenvalue weighted by Crippen LogP contribution is -2.36. The summed E-state index contributed by atoms with van der Waals surface area (Å²) >= 11 is 1.39. The number of rotatable bonds is 5. The summed E-state index contributed by atoms with van der Waals surface area (Å²) in [6.07, 6.45) is 0.925. The van der Waals surface area contributed by atoms with E-state index in [1.54, 1.807) is 12.1 Å². The Hall–Kier alpha value is -3.04. The summed E-state index contributed by atoms with van der Waals surface area (Å²) in [7, 11) is 0. The average molecular weight is 412 g/mol. The Labute approximate surface area is 171 Å². The molecule has 0 saturated carbocycles. The number of anilines is 2. The fraction of sp³-hybridized carbons (Fsp3) is 0.300. The van der Waals surface area contributed by atoms with Gasteiger partial charge in [0.25, 0.3) is 11.6 Å². The van der Waals surface area contributed by atoms with Crippen LogP contribution >= 0.6 is 11.3 Å². The van der Waals surface area contributed by atoms with E-state index in [1.807, 2.05) is 17.0 Å².